The van der Waals surface area contributed by atoms with Gasteiger partial charge in [0.15, 0.2) is 0 Å². The average molecular weight is 203 g/mol. The van der Waals surface area contributed by atoms with Crippen molar-refractivity contribution < 1.29 is 9.63 Å². The number of rotatable bonds is 1. The zero-order valence-electron chi connectivity index (χ0n) is 8.48. The van der Waals surface area contributed by atoms with Gasteiger partial charge in [0.2, 0.25) is 0 Å². The largest absolute Gasteiger partial charge is 0.335 e. The molecule has 1 aliphatic rings. The first-order valence-electron chi connectivity index (χ1n) is 5.18. The van der Waals surface area contributed by atoms with E-state index in [1.165, 1.54) is 0 Å². The Labute approximate surface area is 88.7 Å². The van der Waals surface area contributed by atoms with Gasteiger partial charge in [-0.3, -0.25) is 0 Å². The van der Waals surface area contributed by atoms with Gasteiger partial charge in [-0.2, -0.15) is 0 Å². The standard InChI is InChI=1S/C12H13NO2/c14-12-9-5-4-8-11(13-15-12)10-6-2-1-3-7-10/h1-3,6-7H,4-5,8-9H2. The molecule has 0 amide bonds. The molecule has 0 aromatic heterocycles. The summed E-state index contributed by atoms with van der Waals surface area (Å²) < 4.78 is 0. The fourth-order valence-corrected chi connectivity index (χ4v) is 1.59. The molecule has 0 bridgehead atoms. The number of carbonyl (C=O) groups is 1. The van der Waals surface area contributed by atoms with Crippen LogP contribution in [0.25, 0.3) is 0 Å². The van der Waals surface area contributed by atoms with Crippen molar-refractivity contribution in [3.8, 4) is 0 Å². The molecule has 0 saturated carbocycles. The van der Waals surface area contributed by atoms with E-state index in [1.54, 1.807) is 0 Å². The minimum Gasteiger partial charge on any atom is -0.318 e. The van der Waals surface area contributed by atoms with Crippen LogP contribution >= 0.6 is 0 Å². The second-order valence-electron chi connectivity index (χ2n) is 3.57. The molecule has 1 heterocycles. The number of oxime groups is 1. The van der Waals surface area contributed by atoms with E-state index in [4.69, 9.17) is 4.84 Å². The predicted octanol–water partition coefficient (Wildman–Crippen LogP) is 2.51. The highest BCUT2D eigenvalue weighted by molar-refractivity contribution is 6.00. The molecule has 0 radical (unpaired) electrons. The fraction of sp³-hybridized carbons (Fsp3) is 0.333. The molecule has 1 aliphatic heterocycles. The topological polar surface area (TPSA) is 38.7 Å². The van der Waals surface area contributed by atoms with Crippen molar-refractivity contribution in [1.29, 1.82) is 0 Å². The highest BCUT2D eigenvalue weighted by Gasteiger charge is 2.10. The van der Waals surface area contributed by atoms with Crippen LogP contribution in [0.15, 0.2) is 35.5 Å². The summed E-state index contributed by atoms with van der Waals surface area (Å²) in [5.41, 5.74) is 1.90. The predicted molar refractivity (Wildman–Crippen MR) is 57.5 cm³/mol. The zero-order chi connectivity index (χ0) is 10.5. The molecule has 0 unspecified atom stereocenters. The highest BCUT2D eigenvalue weighted by Crippen LogP contribution is 2.13. The van der Waals surface area contributed by atoms with E-state index < -0.39 is 0 Å². The minimum absolute atomic E-state index is 0.233. The van der Waals surface area contributed by atoms with Gasteiger partial charge in [-0.15, -0.1) is 0 Å². The Kier molecular flexibility index (Phi) is 3.12. The Hall–Kier alpha value is -1.64. The van der Waals surface area contributed by atoms with Gasteiger partial charge in [0.1, 0.15) is 0 Å². The lowest BCUT2D eigenvalue weighted by molar-refractivity contribution is -0.144. The molecule has 0 N–H and O–H groups in total. The van der Waals surface area contributed by atoms with Crippen LogP contribution in [0, 0.1) is 0 Å². The van der Waals surface area contributed by atoms with Gasteiger partial charge in [0, 0.05) is 6.42 Å². The second-order valence-corrected chi connectivity index (χ2v) is 3.57. The lowest BCUT2D eigenvalue weighted by Crippen LogP contribution is -2.09. The van der Waals surface area contributed by atoms with Gasteiger partial charge < -0.3 is 4.84 Å². The fourth-order valence-electron chi connectivity index (χ4n) is 1.59. The van der Waals surface area contributed by atoms with Gasteiger partial charge in [0.25, 0.3) is 0 Å². The van der Waals surface area contributed by atoms with Crippen molar-refractivity contribution in [1.82, 2.24) is 0 Å². The molecule has 0 aliphatic carbocycles. The molecule has 78 valence electrons. The Balaban J connectivity index is 2.20. The third-order valence-electron chi connectivity index (χ3n) is 2.41. The first-order chi connectivity index (χ1) is 7.36. The first kappa shape index (κ1) is 9.90. The molecular weight excluding hydrogens is 190 g/mol. The maximum Gasteiger partial charge on any atom is 0.335 e. The number of hydrogen-bond donors (Lipinski definition) is 0. The summed E-state index contributed by atoms with van der Waals surface area (Å²) in [6, 6.07) is 9.83. The van der Waals surface area contributed by atoms with Crippen molar-refractivity contribution in [2.24, 2.45) is 5.16 Å². The van der Waals surface area contributed by atoms with Crippen LogP contribution in [-0.4, -0.2) is 11.7 Å². The van der Waals surface area contributed by atoms with Crippen LogP contribution in [0.4, 0.5) is 0 Å². The maximum atomic E-state index is 11.1. The third kappa shape index (κ3) is 2.65. The normalized spacial score (nSPS) is 17.3. The van der Waals surface area contributed by atoms with E-state index in [0.29, 0.717) is 6.42 Å². The summed E-state index contributed by atoms with van der Waals surface area (Å²) in [7, 11) is 0. The molecule has 2 rings (SSSR count). The van der Waals surface area contributed by atoms with Crippen LogP contribution in [0.2, 0.25) is 0 Å². The maximum absolute atomic E-state index is 11.1. The molecule has 0 atom stereocenters. The van der Waals surface area contributed by atoms with Crippen LogP contribution in [0.5, 0.6) is 0 Å². The van der Waals surface area contributed by atoms with Crippen molar-refractivity contribution in [2.45, 2.75) is 25.7 Å². The van der Waals surface area contributed by atoms with E-state index in [-0.39, 0.29) is 5.97 Å². The molecule has 1 aromatic rings. The molecule has 1 aromatic carbocycles. The SMILES string of the molecule is O=C1CCCCC(c2ccccc2)=NO1. The summed E-state index contributed by atoms with van der Waals surface area (Å²) in [4.78, 5) is 15.9. The van der Waals surface area contributed by atoms with Crippen LogP contribution in [-0.2, 0) is 9.63 Å². The van der Waals surface area contributed by atoms with E-state index in [0.717, 1.165) is 30.5 Å². The van der Waals surface area contributed by atoms with E-state index in [2.05, 4.69) is 5.16 Å². The summed E-state index contributed by atoms with van der Waals surface area (Å²) >= 11 is 0. The summed E-state index contributed by atoms with van der Waals surface area (Å²) in [6.07, 6.45) is 3.22. The Morgan fingerprint density at radius 3 is 2.60 bits per heavy atom. The zero-order valence-corrected chi connectivity index (χ0v) is 8.48. The van der Waals surface area contributed by atoms with E-state index >= 15 is 0 Å². The van der Waals surface area contributed by atoms with Crippen LogP contribution in [0.3, 0.4) is 0 Å². The number of hydrogen-bond acceptors (Lipinski definition) is 3. The smallest absolute Gasteiger partial charge is 0.318 e. The molecule has 15 heavy (non-hydrogen) atoms. The van der Waals surface area contributed by atoms with E-state index in [9.17, 15) is 4.79 Å². The summed E-state index contributed by atoms with van der Waals surface area (Å²) in [5.74, 6) is -0.233. The summed E-state index contributed by atoms with van der Waals surface area (Å²) in [5, 5.41) is 3.90. The molecule has 0 fully saturated rings. The molecule has 0 saturated heterocycles. The lowest BCUT2D eigenvalue weighted by Gasteiger charge is -2.09. The molecule has 3 heteroatoms. The number of benzene rings is 1. The van der Waals surface area contributed by atoms with Gasteiger partial charge >= 0.3 is 5.97 Å². The van der Waals surface area contributed by atoms with Crippen molar-refractivity contribution in [3.63, 3.8) is 0 Å². The van der Waals surface area contributed by atoms with Gasteiger partial charge in [-0.05, 0) is 24.8 Å². The van der Waals surface area contributed by atoms with Crippen LogP contribution < -0.4 is 0 Å². The second kappa shape index (κ2) is 4.73. The first-order valence-corrected chi connectivity index (χ1v) is 5.18. The van der Waals surface area contributed by atoms with Crippen molar-refractivity contribution in [2.75, 3.05) is 0 Å². The monoisotopic (exact) mass is 203 g/mol. The minimum atomic E-state index is -0.233. The van der Waals surface area contributed by atoms with Crippen molar-refractivity contribution in [3.05, 3.63) is 35.9 Å². The molecular formula is C12H13NO2. The Bertz CT molecular complexity index is 370. The van der Waals surface area contributed by atoms with Gasteiger partial charge in [0.05, 0.1) is 5.71 Å². The summed E-state index contributed by atoms with van der Waals surface area (Å²) in [6.45, 7) is 0. The van der Waals surface area contributed by atoms with Gasteiger partial charge in [-0.1, -0.05) is 35.5 Å². The third-order valence-corrected chi connectivity index (χ3v) is 2.41. The van der Waals surface area contributed by atoms with Crippen LogP contribution in [0.1, 0.15) is 31.2 Å². The van der Waals surface area contributed by atoms with E-state index in [1.807, 2.05) is 30.3 Å². The number of nitrogens with zero attached hydrogens (tertiary/aromatic N) is 1. The lowest BCUT2D eigenvalue weighted by atomic mass is 10.0. The van der Waals surface area contributed by atoms with Crippen molar-refractivity contribution >= 4 is 11.7 Å². The Morgan fingerprint density at radius 1 is 1.07 bits per heavy atom. The number of carbonyl (C=O) groups excluding carboxylic acids is 1. The molecule has 3 nitrogen and oxygen atoms in total. The Morgan fingerprint density at radius 2 is 1.80 bits per heavy atom. The van der Waals surface area contributed by atoms with Gasteiger partial charge in [-0.25, -0.2) is 4.79 Å². The molecule has 0 spiro atoms. The average Bonchev–Trinajstić information content (AvgIpc) is 2.25. The quantitative estimate of drug-likeness (QED) is 0.658. The highest BCUT2D eigenvalue weighted by atomic mass is 16.7.